The molecule has 2 aromatic heterocycles. The quantitative estimate of drug-likeness (QED) is 0.837. The lowest BCUT2D eigenvalue weighted by Crippen LogP contribution is -2.43. The molecule has 0 aromatic carbocycles. The Bertz CT molecular complexity index is 592. The van der Waals surface area contributed by atoms with E-state index in [2.05, 4.69) is 37.0 Å². The third-order valence-corrected chi connectivity index (χ3v) is 4.28. The number of rotatable bonds is 3. The van der Waals surface area contributed by atoms with Crippen LogP contribution in [0.3, 0.4) is 0 Å². The number of likely N-dealkylation sites (N-methyl/N-ethyl adjacent to an activating group) is 1. The predicted molar refractivity (Wildman–Crippen MR) is 77.7 cm³/mol. The van der Waals surface area contributed by atoms with Crippen molar-refractivity contribution in [1.82, 2.24) is 30.0 Å². The Morgan fingerprint density at radius 3 is 2.74 bits per heavy atom. The number of piperazine rings is 1. The van der Waals surface area contributed by atoms with E-state index >= 15 is 0 Å². The summed E-state index contributed by atoms with van der Waals surface area (Å²) < 4.78 is 0.462. The van der Waals surface area contributed by atoms with E-state index in [0.29, 0.717) is 10.6 Å². The number of H-pyrrole nitrogens is 2. The molecule has 0 unspecified atom stereocenters. The van der Waals surface area contributed by atoms with Crippen LogP contribution in [0.2, 0.25) is 0 Å². The van der Waals surface area contributed by atoms with Gasteiger partial charge in [0.2, 0.25) is 4.77 Å². The van der Waals surface area contributed by atoms with Crippen LogP contribution in [0.1, 0.15) is 5.01 Å². The van der Waals surface area contributed by atoms with E-state index in [9.17, 15) is 0 Å². The lowest BCUT2D eigenvalue weighted by atomic mass is 10.3. The molecule has 8 heteroatoms. The second-order valence-corrected chi connectivity index (χ2v) is 6.05. The van der Waals surface area contributed by atoms with Crippen molar-refractivity contribution in [3.8, 4) is 11.5 Å². The maximum Gasteiger partial charge on any atom is 0.213 e. The molecule has 0 aliphatic carbocycles. The summed E-state index contributed by atoms with van der Waals surface area (Å²) in [5.41, 5.74) is 0.862. The Morgan fingerprint density at radius 2 is 2.05 bits per heavy atom. The van der Waals surface area contributed by atoms with Crippen LogP contribution in [0.4, 0.5) is 0 Å². The molecule has 1 aliphatic rings. The standard InChI is InChI=1S/C11H16N6S2/c1-16-2-4-17(5-3-16)6-9-12-8(7-19-9)10-13-11(18)15-14-10/h7H,2-6H2,1H3,(H2,13,14,15,18). The van der Waals surface area contributed by atoms with Gasteiger partial charge in [-0.15, -0.1) is 11.3 Å². The summed E-state index contributed by atoms with van der Waals surface area (Å²) in [4.78, 5) is 13.6. The lowest BCUT2D eigenvalue weighted by Gasteiger charge is -2.31. The van der Waals surface area contributed by atoms with Crippen LogP contribution in [-0.2, 0) is 6.54 Å². The molecule has 102 valence electrons. The smallest absolute Gasteiger partial charge is 0.213 e. The number of aromatic amines is 2. The summed E-state index contributed by atoms with van der Waals surface area (Å²) >= 11 is 6.62. The average molecular weight is 296 g/mol. The summed E-state index contributed by atoms with van der Waals surface area (Å²) in [6.07, 6.45) is 0. The zero-order valence-electron chi connectivity index (χ0n) is 10.7. The van der Waals surface area contributed by atoms with Crippen LogP contribution in [0, 0.1) is 4.77 Å². The van der Waals surface area contributed by atoms with E-state index < -0.39 is 0 Å². The minimum absolute atomic E-state index is 0.462. The van der Waals surface area contributed by atoms with Crippen LogP contribution in [0.25, 0.3) is 11.5 Å². The topological polar surface area (TPSA) is 63.8 Å². The van der Waals surface area contributed by atoms with Crippen molar-refractivity contribution in [2.45, 2.75) is 6.54 Å². The SMILES string of the molecule is CN1CCN(Cc2nc(-c3nc(=S)[nH][nH]3)cs2)CC1. The van der Waals surface area contributed by atoms with Gasteiger partial charge in [-0.05, 0) is 19.3 Å². The van der Waals surface area contributed by atoms with Crippen LogP contribution < -0.4 is 0 Å². The third-order valence-electron chi connectivity index (χ3n) is 3.25. The summed E-state index contributed by atoms with van der Waals surface area (Å²) in [7, 11) is 2.17. The van der Waals surface area contributed by atoms with E-state index in [1.807, 2.05) is 5.38 Å². The summed E-state index contributed by atoms with van der Waals surface area (Å²) in [6.45, 7) is 5.39. The highest BCUT2D eigenvalue weighted by molar-refractivity contribution is 7.71. The Morgan fingerprint density at radius 1 is 1.26 bits per heavy atom. The monoisotopic (exact) mass is 296 g/mol. The van der Waals surface area contributed by atoms with Crippen LogP contribution >= 0.6 is 23.6 Å². The van der Waals surface area contributed by atoms with Crippen molar-refractivity contribution < 1.29 is 0 Å². The number of hydrogen-bond acceptors (Lipinski definition) is 6. The molecular weight excluding hydrogens is 280 g/mol. The number of aromatic nitrogens is 4. The molecule has 19 heavy (non-hydrogen) atoms. The van der Waals surface area contributed by atoms with Gasteiger partial charge >= 0.3 is 0 Å². The van der Waals surface area contributed by atoms with Gasteiger partial charge in [-0.1, -0.05) is 0 Å². The molecule has 6 nitrogen and oxygen atoms in total. The zero-order chi connectivity index (χ0) is 13.2. The number of nitrogens with zero attached hydrogens (tertiary/aromatic N) is 4. The van der Waals surface area contributed by atoms with Gasteiger partial charge in [0.05, 0.1) is 6.54 Å². The Labute approximate surface area is 120 Å². The van der Waals surface area contributed by atoms with Gasteiger partial charge in [0.1, 0.15) is 10.7 Å². The fraction of sp³-hybridized carbons (Fsp3) is 0.545. The van der Waals surface area contributed by atoms with E-state index in [0.717, 1.165) is 43.4 Å². The number of hydrogen-bond donors (Lipinski definition) is 2. The van der Waals surface area contributed by atoms with Gasteiger partial charge in [0.25, 0.3) is 0 Å². The maximum atomic E-state index is 4.95. The van der Waals surface area contributed by atoms with Crippen molar-refractivity contribution in [3.63, 3.8) is 0 Å². The first kappa shape index (κ1) is 12.9. The first-order valence-corrected chi connectivity index (χ1v) is 7.50. The minimum Gasteiger partial charge on any atom is -0.304 e. The summed E-state index contributed by atoms with van der Waals surface area (Å²) in [6, 6.07) is 0. The van der Waals surface area contributed by atoms with Gasteiger partial charge in [-0.2, -0.15) is 4.98 Å². The molecular formula is C11H16N6S2. The van der Waals surface area contributed by atoms with Crippen LogP contribution in [-0.4, -0.2) is 63.2 Å². The highest BCUT2D eigenvalue weighted by Gasteiger charge is 2.16. The van der Waals surface area contributed by atoms with E-state index in [-0.39, 0.29) is 0 Å². The molecule has 0 amide bonds. The number of nitrogens with one attached hydrogen (secondary N) is 2. The molecule has 2 N–H and O–H groups in total. The molecule has 1 saturated heterocycles. The second kappa shape index (κ2) is 5.49. The molecule has 0 saturated carbocycles. The van der Waals surface area contributed by atoms with Gasteiger partial charge in [-0.3, -0.25) is 15.1 Å². The van der Waals surface area contributed by atoms with Gasteiger partial charge in [0.15, 0.2) is 5.82 Å². The highest BCUT2D eigenvalue weighted by Crippen LogP contribution is 2.19. The first-order chi connectivity index (χ1) is 9.20. The molecule has 1 fully saturated rings. The van der Waals surface area contributed by atoms with E-state index in [4.69, 9.17) is 12.2 Å². The number of thiazole rings is 1. The Kier molecular flexibility index (Phi) is 3.74. The van der Waals surface area contributed by atoms with Crippen molar-refractivity contribution in [1.29, 1.82) is 0 Å². The minimum atomic E-state index is 0.462. The lowest BCUT2D eigenvalue weighted by molar-refractivity contribution is 0.148. The maximum absolute atomic E-state index is 4.95. The van der Waals surface area contributed by atoms with Crippen molar-refractivity contribution in [3.05, 3.63) is 15.2 Å². The molecule has 0 bridgehead atoms. The summed E-state index contributed by atoms with van der Waals surface area (Å²) in [5.74, 6) is 0.714. The van der Waals surface area contributed by atoms with Gasteiger partial charge in [0, 0.05) is 31.6 Å². The van der Waals surface area contributed by atoms with E-state index in [1.165, 1.54) is 0 Å². The summed E-state index contributed by atoms with van der Waals surface area (Å²) in [5, 5.41) is 8.87. The molecule has 3 rings (SSSR count). The molecule has 0 spiro atoms. The van der Waals surface area contributed by atoms with Gasteiger partial charge in [-0.25, -0.2) is 4.98 Å². The average Bonchev–Trinajstić information content (AvgIpc) is 3.01. The fourth-order valence-corrected chi connectivity index (χ4v) is 3.04. The first-order valence-electron chi connectivity index (χ1n) is 6.21. The zero-order valence-corrected chi connectivity index (χ0v) is 12.4. The second-order valence-electron chi connectivity index (χ2n) is 4.72. The van der Waals surface area contributed by atoms with Crippen molar-refractivity contribution >= 4 is 23.6 Å². The van der Waals surface area contributed by atoms with Crippen LogP contribution in [0.5, 0.6) is 0 Å². The molecule has 0 atom stereocenters. The Balaban J connectivity index is 1.66. The fourth-order valence-electron chi connectivity index (χ4n) is 2.08. The molecule has 1 aliphatic heterocycles. The normalized spacial score (nSPS) is 17.9. The third kappa shape index (κ3) is 3.08. The predicted octanol–water partition coefficient (Wildman–Crippen LogP) is 1.34. The molecule has 3 heterocycles. The highest BCUT2D eigenvalue weighted by atomic mass is 32.1. The van der Waals surface area contributed by atoms with Crippen molar-refractivity contribution in [2.75, 3.05) is 33.2 Å². The Hall–Kier alpha value is -1.09. The van der Waals surface area contributed by atoms with Crippen LogP contribution in [0.15, 0.2) is 5.38 Å². The van der Waals surface area contributed by atoms with E-state index in [1.54, 1.807) is 11.3 Å². The van der Waals surface area contributed by atoms with Crippen molar-refractivity contribution in [2.24, 2.45) is 0 Å². The molecule has 0 radical (unpaired) electrons. The van der Waals surface area contributed by atoms with Gasteiger partial charge < -0.3 is 4.90 Å². The molecule has 2 aromatic rings. The largest absolute Gasteiger partial charge is 0.304 e.